The maximum Gasteiger partial charge on any atom is 0.245 e. The van der Waals surface area contributed by atoms with Gasteiger partial charge in [0, 0.05) is 38.4 Å². The van der Waals surface area contributed by atoms with E-state index in [2.05, 4.69) is 4.98 Å². The fourth-order valence-electron chi connectivity index (χ4n) is 3.22. The zero-order valence-corrected chi connectivity index (χ0v) is 12.2. The van der Waals surface area contributed by atoms with Crippen LogP contribution in [0.15, 0.2) is 24.5 Å². The summed E-state index contributed by atoms with van der Waals surface area (Å²) in [6.07, 6.45) is 7.69. The van der Waals surface area contributed by atoms with Gasteiger partial charge in [0.25, 0.3) is 0 Å². The van der Waals surface area contributed by atoms with E-state index in [0.29, 0.717) is 19.5 Å². The number of carbonyl (C=O) groups is 2. The Kier molecular flexibility index (Phi) is 4.18. The van der Waals surface area contributed by atoms with E-state index in [0.717, 1.165) is 32.2 Å². The van der Waals surface area contributed by atoms with Crippen molar-refractivity contribution in [1.29, 1.82) is 0 Å². The number of piperidine rings is 1. The summed E-state index contributed by atoms with van der Waals surface area (Å²) in [7, 11) is 0. The van der Waals surface area contributed by atoms with Gasteiger partial charge in [-0.3, -0.25) is 14.6 Å². The highest BCUT2D eigenvalue weighted by Gasteiger charge is 2.37. The summed E-state index contributed by atoms with van der Waals surface area (Å²) in [5.74, 6) is 0.272. The van der Waals surface area contributed by atoms with Crippen molar-refractivity contribution in [2.45, 2.75) is 38.1 Å². The summed E-state index contributed by atoms with van der Waals surface area (Å²) in [5.41, 5.74) is 1.17. The number of rotatable bonds is 3. The second-order valence-corrected chi connectivity index (χ2v) is 5.78. The van der Waals surface area contributed by atoms with Crippen LogP contribution in [0.2, 0.25) is 0 Å². The van der Waals surface area contributed by atoms with Crippen LogP contribution in [0.1, 0.15) is 31.2 Å². The van der Waals surface area contributed by atoms with Crippen LogP contribution in [0, 0.1) is 0 Å². The minimum absolute atomic E-state index is 0.134. The van der Waals surface area contributed by atoms with Crippen molar-refractivity contribution in [3.8, 4) is 0 Å². The van der Waals surface area contributed by atoms with Crippen molar-refractivity contribution in [3.63, 3.8) is 0 Å². The van der Waals surface area contributed by atoms with Crippen LogP contribution < -0.4 is 0 Å². The Labute approximate surface area is 124 Å². The number of carbonyl (C=O) groups excluding carboxylic acids is 2. The third-order valence-electron chi connectivity index (χ3n) is 4.44. The van der Waals surface area contributed by atoms with Crippen molar-refractivity contribution in [3.05, 3.63) is 30.1 Å². The number of fused-ring (bicyclic) bond motifs is 1. The van der Waals surface area contributed by atoms with E-state index in [4.69, 9.17) is 0 Å². The first kappa shape index (κ1) is 14.0. The topological polar surface area (TPSA) is 53.5 Å². The molecule has 3 rings (SSSR count). The summed E-state index contributed by atoms with van der Waals surface area (Å²) in [6.45, 7) is 1.98. The predicted octanol–water partition coefficient (Wildman–Crippen LogP) is 1.24. The number of hydrogen-bond donors (Lipinski definition) is 0. The van der Waals surface area contributed by atoms with Crippen LogP contribution in [0.5, 0.6) is 0 Å². The second kappa shape index (κ2) is 6.24. The lowest BCUT2D eigenvalue weighted by molar-refractivity contribution is -0.143. The van der Waals surface area contributed by atoms with E-state index in [9.17, 15) is 9.59 Å². The van der Waals surface area contributed by atoms with Crippen LogP contribution in [-0.2, 0) is 16.0 Å². The summed E-state index contributed by atoms with van der Waals surface area (Å²) in [5, 5.41) is 0. The molecule has 5 nitrogen and oxygen atoms in total. The zero-order chi connectivity index (χ0) is 14.7. The molecule has 2 saturated heterocycles. The lowest BCUT2D eigenvalue weighted by Crippen LogP contribution is -2.50. The lowest BCUT2D eigenvalue weighted by atomic mass is 10.0. The zero-order valence-electron chi connectivity index (χ0n) is 12.2. The summed E-state index contributed by atoms with van der Waals surface area (Å²) < 4.78 is 0. The Bertz CT molecular complexity index is 518. The first-order chi connectivity index (χ1) is 10.3. The van der Waals surface area contributed by atoms with Crippen LogP contribution in [-0.4, -0.2) is 52.3 Å². The second-order valence-electron chi connectivity index (χ2n) is 5.78. The van der Waals surface area contributed by atoms with Crippen molar-refractivity contribution >= 4 is 11.8 Å². The van der Waals surface area contributed by atoms with Gasteiger partial charge in [0.15, 0.2) is 0 Å². The van der Waals surface area contributed by atoms with E-state index in [-0.39, 0.29) is 17.9 Å². The average molecular weight is 287 g/mol. The van der Waals surface area contributed by atoms with Gasteiger partial charge >= 0.3 is 0 Å². The Hall–Kier alpha value is -1.91. The molecule has 2 fully saturated rings. The maximum absolute atomic E-state index is 12.7. The van der Waals surface area contributed by atoms with Gasteiger partial charge in [0.2, 0.25) is 11.8 Å². The molecular weight excluding hydrogens is 266 g/mol. The Balaban J connectivity index is 1.68. The lowest BCUT2D eigenvalue weighted by Gasteiger charge is -2.34. The van der Waals surface area contributed by atoms with Gasteiger partial charge < -0.3 is 9.80 Å². The van der Waals surface area contributed by atoms with Crippen molar-refractivity contribution in [2.24, 2.45) is 0 Å². The largest absolute Gasteiger partial charge is 0.340 e. The summed E-state index contributed by atoms with van der Waals surface area (Å²) >= 11 is 0. The predicted molar refractivity (Wildman–Crippen MR) is 78.5 cm³/mol. The van der Waals surface area contributed by atoms with Crippen LogP contribution in [0.4, 0.5) is 0 Å². The molecule has 0 bridgehead atoms. The van der Waals surface area contributed by atoms with Crippen molar-refractivity contribution in [2.75, 3.05) is 19.6 Å². The SMILES string of the molecule is O=C1C2CCCCN2C(=O)CCN1CCc1ccncc1. The maximum atomic E-state index is 12.7. The molecule has 0 N–H and O–H groups in total. The van der Waals surface area contributed by atoms with Gasteiger partial charge in [-0.15, -0.1) is 0 Å². The Morgan fingerprint density at radius 1 is 1.14 bits per heavy atom. The molecule has 0 aliphatic carbocycles. The fourth-order valence-corrected chi connectivity index (χ4v) is 3.22. The highest BCUT2D eigenvalue weighted by Crippen LogP contribution is 2.23. The van der Waals surface area contributed by atoms with Crippen molar-refractivity contribution in [1.82, 2.24) is 14.8 Å². The van der Waals surface area contributed by atoms with Gasteiger partial charge in [-0.25, -0.2) is 0 Å². The van der Waals surface area contributed by atoms with Crippen LogP contribution in [0.3, 0.4) is 0 Å². The molecule has 5 heteroatoms. The molecule has 0 aromatic carbocycles. The fraction of sp³-hybridized carbons (Fsp3) is 0.562. The number of aromatic nitrogens is 1. The molecule has 2 aliphatic rings. The van der Waals surface area contributed by atoms with Gasteiger partial charge in [-0.2, -0.15) is 0 Å². The summed E-state index contributed by atoms with van der Waals surface area (Å²) in [6, 6.07) is 3.73. The average Bonchev–Trinajstić information content (AvgIpc) is 2.66. The third-order valence-corrected chi connectivity index (χ3v) is 4.44. The Morgan fingerprint density at radius 2 is 1.95 bits per heavy atom. The quantitative estimate of drug-likeness (QED) is 0.840. The standard InChI is InChI=1S/C16H21N3O2/c20-15-7-12-18(11-6-13-4-8-17-9-5-13)16(21)14-3-1-2-10-19(14)15/h4-5,8-9,14H,1-3,6-7,10-12H2. The number of amides is 2. The van der Waals surface area contributed by atoms with Gasteiger partial charge in [-0.1, -0.05) is 0 Å². The van der Waals surface area contributed by atoms with Gasteiger partial charge in [0.05, 0.1) is 0 Å². The number of nitrogens with zero attached hydrogens (tertiary/aromatic N) is 3. The van der Waals surface area contributed by atoms with Crippen LogP contribution >= 0.6 is 0 Å². The highest BCUT2D eigenvalue weighted by atomic mass is 16.2. The third kappa shape index (κ3) is 3.06. The molecule has 0 saturated carbocycles. The number of hydrogen-bond acceptors (Lipinski definition) is 3. The van der Waals surface area contributed by atoms with E-state index in [1.54, 1.807) is 17.3 Å². The Morgan fingerprint density at radius 3 is 2.76 bits per heavy atom. The van der Waals surface area contributed by atoms with Gasteiger partial charge in [0.1, 0.15) is 6.04 Å². The molecule has 1 aromatic rings. The normalized spacial score (nSPS) is 23.0. The van der Waals surface area contributed by atoms with E-state index in [1.807, 2.05) is 17.0 Å². The van der Waals surface area contributed by atoms with Gasteiger partial charge in [-0.05, 0) is 43.4 Å². The molecule has 3 heterocycles. The molecule has 2 aliphatic heterocycles. The molecule has 1 aromatic heterocycles. The van der Waals surface area contributed by atoms with Crippen LogP contribution in [0.25, 0.3) is 0 Å². The monoisotopic (exact) mass is 287 g/mol. The minimum atomic E-state index is -0.216. The molecule has 2 amide bonds. The molecule has 1 unspecified atom stereocenters. The summed E-state index contributed by atoms with van der Waals surface area (Å²) in [4.78, 5) is 32.5. The first-order valence-corrected chi connectivity index (χ1v) is 7.73. The van der Waals surface area contributed by atoms with E-state index < -0.39 is 0 Å². The molecule has 0 spiro atoms. The first-order valence-electron chi connectivity index (χ1n) is 7.73. The molecule has 112 valence electrons. The molecule has 0 radical (unpaired) electrons. The van der Waals surface area contributed by atoms with E-state index >= 15 is 0 Å². The highest BCUT2D eigenvalue weighted by molar-refractivity contribution is 5.90. The van der Waals surface area contributed by atoms with Crippen molar-refractivity contribution < 1.29 is 9.59 Å². The van der Waals surface area contributed by atoms with E-state index in [1.165, 1.54) is 5.56 Å². The smallest absolute Gasteiger partial charge is 0.245 e. The number of pyridine rings is 1. The molecule has 1 atom stereocenters. The molecule has 21 heavy (non-hydrogen) atoms. The minimum Gasteiger partial charge on any atom is -0.340 e. The molecular formula is C16H21N3O2.